The van der Waals surface area contributed by atoms with E-state index in [0.29, 0.717) is 26.1 Å². The monoisotopic (exact) mass is 374 g/mol. The fourth-order valence-electron chi connectivity index (χ4n) is 3.87. The average Bonchev–Trinajstić information content (AvgIpc) is 2.92. The first kappa shape index (κ1) is 19.1. The molecule has 3 rings (SSSR count). The molecule has 1 aromatic heterocycles. The number of aromatic nitrogens is 2. The van der Waals surface area contributed by atoms with Crippen LogP contribution in [0, 0.1) is 5.41 Å². The zero-order valence-corrected chi connectivity index (χ0v) is 15.8. The number of nitrogens with zero attached hydrogens (tertiary/aromatic N) is 2. The first-order valence-corrected chi connectivity index (χ1v) is 9.28. The van der Waals surface area contributed by atoms with Gasteiger partial charge in [0.05, 0.1) is 6.42 Å². The Morgan fingerprint density at radius 2 is 1.89 bits per heavy atom. The maximum absolute atomic E-state index is 12.5. The predicted octanol–water partition coefficient (Wildman–Crippen LogP) is 0.413. The lowest BCUT2D eigenvalue weighted by atomic mass is 9.77. The van der Waals surface area contributed by atoms with Crippen LogP contribution in [0.25, 0.3) is 0 Å². The van der Waals surface area contributed by atoms with Gasteiger partial charge in [-0.25, -0.2) is 0 Å². The Morgan fingerprint density at radius 1 is 1.19 bits per heavy atom. The lowest BCUT2D eigenvalue weighted by molar-refractivity contribution is -0.132. The Hall–Kier alpha value is -2.64. The van der Waals surface area contributed by atoms with Gasteiger partial charge >= 0.3 is 0 Å². The molecule has 0 unspecified atom stereocenters. The highest BCUT2D eigenvalue weighted by Crippen LogP contribution is 2.41. The molecule has 0 aliphatic carbocycles. The summed E-state index contributed by atoms with van der Waals surface area (Å²) in [6.07, 6.45) is 4.08. The third-order valence-corrected chi connectivity index (χ3v) is 5.54. The summed E-state index contributed by atoms with van der Waals surface area (Å²) in [6, 6.07) is 1.17. The summed E-state index contributed by atoms with van der Waals surface area (Å²) in [5, 5.41) is 4.43. The van der Waals surface area contributed by atoms with Gasteiger partial charge in [0.15, 0.2) is 0 Å². The van der Waals surface area contributed by atoms with Gasteiger partial charge in [-0.05, 0) is 26.7 Å². The largest absolute Gasteiger partial charge is 0.342 e. The number of piperidine rings is 1. The molecule has 0 aromatic carbocycles. The van der Waals surface area contributed by atoms with Crippen molar-refractivity contribution in [3.63, 3.8) is 0 Å². The number of carbonyl (C=O) groups is 2. The van der Waals surface area contributed by atoms with Gasteiger partial charge in [0.25, 0.3) is 11.1 Å². The number of H-pyrrole nitrogens is 2. The van der Waals surface area contributed by atoms with Crippen molar-refractivity contribution in [1.82, 2.24) is 20.0 Å². The fraction of sp³-hybridized carbons (Fsp3) is 0.579. The molecular formula is C19H26N4O4. The SMILES string of the molecule is CC(C)=CCN1CC2(CCN(C(=O)Cc3cc(=O)[nH][nH]c3=O)CC2)CC1=O. The van der Waals surface area contributed by atoms with Crippen LogP contribution >= 0.6 is 0 Å². The maximum Gasteiger partial charge on any atom is 0.266 e. The zero-order chi connectivity index (χ0) is 19.6. The summed E-state index contributed by atoms with van der Waals surface area (Å²) >= 11 is 0. The van der Waals surface area contributed by atoms with E-state index in [-0.39, 0.29) is 29.2 Å². The number of allylic oxidation sites excluding steroid dienone is 1. The predicted molar refractivity (Wildman–Crippen MR) is 100 cm³/mol. The topological polar surface area (TPSA) is 106 Å². The number of carbonyl (C=O) groups excluding carboxylic acids is 2. The standard InChI is InChI=1S/C19H26N4O4/c1-13(2)3-6-23-12-19(11-17(23)26)4-7-22(8-5-19)16(25)10-14-9-15(24)20-21-18(14)27/h3,9H,4-8,10-12H2,1-2H3,(H,20,24)(H,21,27). The fourth-order valence-corrected chi connectivity index (χ4v) is 3.87. The Morgan fingerprint density at radius 3 is 2.56 bits per heavy atom. The molecule has 3 heterocycles. The first-order chi connectivity index (χ1) is 12.8. The molecule has 27 heavy (non-hydrogen) atoms. The molecule has 2 fully saturated rings. The van der Waals surface area contributed by atoms with Gasteiger partial charge in [0.2, 0.25) is 11.8 Å². The van der Waals surface area contributed by atoms with Crippen LogP contribution < -0.4 is 11.1 Å². The minimum absolute atomic E-state index is 0.0509. The molecule has 1 aromatic rings. The molecular weight excluding hydrogens is 348 g/mol. The molecule has 0 radical (unpaired) electrons. The molecule has 2 amide bonds. The molecule has 2 saturated heterocycles. The molecule has 2 N–H and O–H groups in total. The van der Waals surface area contributed by atoms with Gasteiger partial charge < -0.3 is 9.80 Å². The second-order valence-electron chi connectivity index (χ2n) is 7.90. The molecule has 0 saturated carbocycles. The van der Waals surface area contributed by atoms with E-state index in [1.54, 1.807) is 4.90 Å². The van der Waals surface area contributed by atoms with Gasteiger partial charge in [0, 0.05) is 49.6 Å². The number of aromatic amines is 2. The second-order valence-corrected chi connectivity index (χ2v) is 7.90. The Bertz CT molecular complexity index is 870. The summed E-state index contributed by atoms with van der Waals surface area (Å²) in [6.45, 7) is 6.58. The van der Waals surface area contributed by atoms with E-state index in [0.717, 1.165) is 19.4 Å². The quantitative estimate of drug-likeness (QED) is 0.745. The van der Waals surface area contributed by atoms with Crippen LogP contribution in [0.4, 0.5) is 0 Å². The summed E-state index contributed by atoms with van der Waals surface area (Å²) in [5.74, 6) is 0.0222. The van der Waals surface area contributed by atoms with E-state index in [2.05, 4.69) is 16.3 Å². The average molecular weight is 374 g/mol. The van der Waals surface area contributed by atoms with Crippen LogP contribution in [0.2, 0.25) is 0 Å². The number of likely N-dealkylation sites (tertiary alicyclic amines) is 2. The lowest BCUT2D eigenvalue weighted by Crippen LogP contribution is -2.45. The molecule has 8 heteroatoms. The molecule has 8 nitrogen and oxygen atoms in total. The third-order valence-electron chi connectivity index (χ3n) is 5.54. The molecule has 2 aliphatic heterocycles. The number of hydrogen-bond acceptors (Lipinski definition) is 4. The van der Waals surface area contributed by atoms with Crippen LogP contribution in [0.1, 0.15) is 38.7 Å². The maximum atomic E-state index is 12.5. The van der Waals surface area contributed by atoms with E-state index < -0.39 is 11.1 Å². The molecule has 146 valence electrons. The highest BCUT2D eigenvalue weighted by atomic mass is 16.2. The van der Waals surface area contributed by atoms with Gasteiger partial charge in [-0.15, -0.1) is 0 Å². The van der Waals surface area contributed by atoms with Crippen molar-refractivity contribution in [2.45, 2.75) is 39.5 Å². The van der Waals surface area contributed by atoms with Crippen molar-refractivity contribution >= 4 is 11.8 Å². The van der Waals surface area contributed by atoms with Crippen LogP contribution in [0.15, 0.2) is 27.3 Å². The van der Waals surface area contributed by atoms with E-state index in [4.69, 9.17) is 0 Å². The van der Waals surface area contributed by atoms with E-state index in [1.807, 2.05) is 18.7 Å². The van der Waals surface area contributed by atoms with Gasteiger partial charge in [-0.1, -0.05) is 11.6 Å². The van der Waals surface area contributed by atoms with E-state index >= 15 is 0 Å². The Kier molecular flexibility index (Phi) is 5.34. The highest BCUT2D eigenvalue weighted by molar-refractivity contribution is 5.80. The van der Waals surface area contributed by atoms with Crippen molar-refractivity contribution in [3.8, 4) is 0 Å². The van der Waals surface area contributed by atoms with Crippen molar-refractivity contribution < 1.29 is 9.59 Å². The smallest absolute Gasteiger partial charge is 0.266 e. The van der Waals surface area contributed by atoms with Gasteiger partial charge in [-0.2, -0.15) is 0 Å². The van der Waals surface area contributed by atoms with E-state index in [9.17, 15) is 19.2 Å². The summed E-state index contributed by atoms with van der Waals surface area (Å²) < 4.78 is 0. The van der Waals surface area contributed by atoms with Crippen molar-refractivity contribution in [1.29, 1.82) is 0 Å². The first-order valence-electron chi connectivity index (χ1n) is 9.28. The van der Waals surface area contributed by atoms with Crippen molar-refractivity contribution in [2.24, 2.45) is 5.41 Å². The van der Waals surface area contributed by atoms with Crippen LogP contribution in [-0.4, -0.2) is 58.0 Å². The van der Waals surface area contributed by atoms with Crippen molar-refractivity contribution in [2.75, 3.05) is 26.2 Å². The van der Waals surface area contributed by atoms with Crippen LogP contribution in [0.3, 0.4) is 0 Å². The summed E-state index contributed by atoms with van der Waals surface area (Å²) in [7, 11) is 0. The summed E-state index contributed by atoms with van der Waals surface area (Å²) in [5.41, 5.74) is 0.431. The molecule has 2 aliphatic rings. The zero-order valence-electron chi connectivity index (χ0n) is 15.8. The minimum Gasteiger partial charge on any atom is -0.342 e. The number of nitrogens with one attached hydrogen (secondary N) is 2. The molecule has 0 bridgehead atoms. The second kappa shape index (κ2) is 7.54. The normalized spacial score (nSPS) is 18.8. The van der Waals surface area contributed by atoms with Crippen LogP contribution in [0.5, 0.6) is 0 Å². The van der Waals surface area contributed by atoms with Gasteiger partial charge in [0.1, 0.15) is 0 Å². The lowest BCUT2D eigenvalue weighted by Gasteiger charge is -2.38. The Balaban J connectivity index is 1.58. The van der Waals surface area contributed by atoms with Crippen LogP contribution in [-0.2, 0) is 16.0 Å². The molecule has 1 spiro atoms. The molecule has 0 atom stereocenters. The van der Waals surface area contributed by atoms with Gasteiger partial charge in [-0.3, -0.25) is 29.4 Å². The Labute approximate surface area is 157 Å². The minimum atomic E-state index is -0.451. The highest BCUT2D eigenvalue weighted by Gasteiger charge is 2.45. The van der Waals surface area contributed by atoms with Crippen molar-refractivity contribution in [3.05, 3.63) is 44.0 Å². The number of rotatable bonds is 4. The van der Waals surface area contributed by atoms with E-state index in [1.165, 1.54) is 11.6 Å². The third kappa shape index (κ3) is 4.37. The number of amides is 2. The number of hydrogen-bond donors (Lipinski definition) is 2. The summed E-state index contributed by atoms with van der Waals surface area (Å²) in [4.78, 5) is 51.5.